The first-order valence-corrected chi connectivity index (χ1v) is 5.91. The molecule has 0 aliphatic heterocycles. The zero-order valence-electron chi connectivity index (χ0n) is 9.36. The lowest BCUT2D eigenvalue weighted by Gasteiger charge is -2.16. The van der Waals surface area contributed by atoms with Crippen LogP contribution in [0.25, 0.3) is 0 Å². The molecule has 3 nitrogen and oxygen atoms in total. The summed E-state index contributed by atoms with van der Waals surface area (Å²) in [6.07, 6.45) is 3.40. The third kappa shape index (κ3) is 3.46. The number of nitrogens with zero attached hydrogens (tertiary/aromatic N) is 2. The molecule has 2 aromatic heterocycles. The van der Waals surface area contributed by atoms with Crippen LogP contribution in [0.3, 0.4) is 0 Å². The second-order valence-corrected chi connectivity index (χ2v) is 4.63. The van der Waals surface area contributed by atoms with Crippen molar-refractivity contribution in [2.45, 2.75) is 13.1 Å². The molecule has 0 N–H and O–H groups in total. The number of rotatable bonds is 4. The molecule has 0 fully saturated rings. The van der Waals surface area contributed by atoms with Crippen molar-refractivity contribution in [3.05, 3.63) is 52.2 Å². The van der Waals surface area contributed by atoms with Crippen molar-refractivity contribution in [1.29, 1.82) is 0 Å². The highest BCUT2D eigenvalue weighted by atomic mass is 35.5. The summed E-state index contributed by atoms with van der Waals surface area (Å²) in [5.74, 6) is 0. The van der Waals surface area contributed by atoms with Crippen LogP contribution in [0.15, 0.2) is 35.1 Å². The van der Waals surface area contributed by atoms with Crippen LogP contribution in [0.1, 0.15) is 11.1 Å². The molecule has 90 valence electrons. The van der Waals surface area contributed by atoms with Crippen molar-refractivity contribution in [3.8, 4) is 0 Å². The van der Waals surface area contributed by atoms with Gasteiger partial charge in [0.2, 0.25) is 0 Å². The Balaban J connectivity index is 2.00. The summed E-state index contributed by atoms with van der Waals surface area (Å²) in [6, 6.07) is 5.58. The fourth-order valence-corrected chi connectivity index (χ4v) is 2.00. The summed E-state index contributed by atoms with van der Waals surface area (Å²) < 4.78 is 5.02. The summed E-state index contributed by atoms with van der Waals surface area (Å²) in [5, 5.41) is 0.868. The van der Waals surface area contributed by atoms with Gasteiger partial charge >= 0.3 is 0 Å². The van der Waals surface area contributed by atoms with Gasteiger partial charge in [-0.25, -0.2) is 4.98 Å². The number of pyridine rings is 1. The highest BCUT2D eigenvalue weighted by Crippen LogP contribution is 2.18. The van der Waals surface area contributed by atoms with Gasteiger partial charge in [0.15, 0.2) is 0 Å². The van der Waals surface area contributed by atoms with E-state index in [1.165, 1.54) is 0 Å². The monoisotopic (exact) mass is 270 g/mol. The van der Waals surface area contributed by atoms with Gasteiger partial charge in [-0.05, 0) is 19.2 Å². The molecule has 5 heteroatoms. The van der Waals surface area contributed by atoms with E-state index < -0.39 is 0 Å². The largest absolute Gasteiger partial charge is 0.472 e. The second-order valence-electron chi connectivity index (χ2n) is 3.89. The maximum absolute atomic E-state index is 6.01. The molecule has 2 rings (SSSR count). The van der Waals surface area contributed by atoms with Gasteiger partial charge < -0.3 is 4.42 Å². The first kappa shape index (κ1) is 12.4. The van der Waals surface area contributed by atoms with Crippen LogP contribution in [-0.2, 0) is 13.1 Å². The van der Waals surface area contributed by atoms with Gasteiger partial charge in [0.1, 0.15) is 10.3 Å². The minimum atomic E-state index is 0.413. The van der Waals surface area contributed by atoms with Crippen molar-refractivity contribution < 1.29 is 4.42 Å². The molecular formula is C12H12Cl2N2O. The van der Waals surface area contributed by atoms with Gasteiger partial charge in [-0.1, -0.05) is 29.3 Å². The minimum absolute atomic E-state index is 0.413. The summed E-state index contributed by atoms with van der Waals surface area (Å²) >= 11 is 11.8. The number of hydrogen-bond acceptors (Lipinski definition) is 3. The number of aromatic nitrogens is 1. The molecule has 0 saturated heterocycles. The normalized spacial score (nSPS) is 11.1. The highest BCUT2D eigenvalue weighted by molar-refractivity contribution is 6.32. The standard InChI is InChI=1S/C12H12Cl2N2O/c1-16(6-9-4-5-17-8-9)7-10-2-3-11(13)15-12(10)14/h2-5,8H,6-7H2,1H3. The summed E-state index contributed by atoms with van der Waals surface area (Å²) in [5.41, 5.74) is 2.09. The van der Waals surface area contributed by atoms with Gasteiger partial charge in [0, 0.05) is 24.2 Å². The molecule has 2 heterocycles. The van der Waals surface area contributed by atoms with Crippen LogP contribution in [0.5, 0.6) is 0 Å². The van der Waals surface area contributed by atoms with Crippen molar-refractivity contribution in [3.63, 3.8) is 0 Å². The van der Waals surface area contributed by atoms with E-state index in [1.54, 1.807) is 18.6 Å². The lowest BCUT2D eigenvalue weighted by molar-refractivity contribution is 0.317. The van der Waals surface area contributed by atoms with Crippen molar-refractivity contribution >= 4 is 23.2 Å². The topological polar surface area (TPSA) is 29.3 Å². The van der Waals surface area contributed by atoms with E-state index in [-0.39, 0.29) is 0 Å². The van der Waals surface area contributed by atoms with Crippen LogP contribution < -0.4 is 0 Å². The minimum Gasteiger partial charge on any atom is -0.472 e. The number of halogens is 2. The first-order chi connectivity index (χ1) is 8.15. The second kappa shape index (κ2) is 5.54. The van der Waals surface area contributed by atoms with Gasteiger partial charge in [0.05, 0.1) is 12.5 Å². The molecule has 0 atom stereocenters. The predicted octanol–water partition coefficient (Wildman–Crippen LogP) is 3.61. The van der Waals surface area contributed by atoms with E-state index >= 15 is 0 Å². The fraction of sp³-hybridized carbons (Fsp3) is 0.250. The van der Waals surface area contributed by atoms with Gasteiger partial charge in [-0.2, -0.15) is 0 Å². The molecule has 0 aliphatic carbocycles. The Labute approximate surface area is 110 Å². The Morgan fingerprint density at radius 1 is 1.24 bits per heavy atom. The molecular weight excluding hydrogens is 259 g/mol. The Hall–Kier alpha value is -1.03. The maximum Gasteiger partial charge on any atom is 0.135 e. The molecule has 0 bridgehead atoms. The number of furan rings is 1. The average Bonchev–Trinajstić information content (AvgIpc) is 2.75. The zero-order valence-corrected chi connectivity index (χ0v) is 10.9. The Morgan fingerprint density at radius 3 is 2.71 bits per heavy atom. The summed E-state index contributed by atoms with van der Waals surface area (Å²) in [4.78, 5) is 6.14. The van der Waals surface area contributed by atoms with E-state index in [2.05, 4.69) is 9.88 Å². The Kier molecular flexibility index (Phi) is 4.05. The fourth-order valence-electron chi connectivity index (χ4n) is 1.60. The maximum atomic E-state index is 6.01. The van der Waals surface area contributed by atoms with Crippen LogP contribution in [0, 0.1) is 0 Å². The van der Waals surface area contributed by atoms with E-state index in [9.17, 15) is 0 Å². The predicted molar refractivity (Wildman–Crippen MR) is 68.1 cm³/mol. The molecule has 0 saturated carbocycles. The SMILES string of the molecule is CN(Cc1ccoc1)Cc1ccc(Cl)nc1Cl. The van der Waals surface area contributed by atoms with Crippen LogP contribution in [0.4, 0.5) is 0 Å². The summed E-state index contributed by atoms with van der Waals surface area (Å²) in [6.45, 7) is 1.52. The third-order valence-corrected chi connectivity index (χ3v) is 2.90. The lowest BCUT2D eigenvalue weighted by atomic mass is 10.2. The highest BCUT2D eigenvalue weighted by Gasteiger charge is 2.07. The molecule has 0 aromatic carbocycles. The average molecular weight is 271 g/mol. The summed E-state index contributed by atoms with van der Waals surface area (Å²) in [7, 11) is 2.01. The first-order valence-electron chi connectivity index (χ1n) is 5.15. The molecule has 0 amide bonds. The van der Waals surface area contributed by atoms with Crippen molar-refractivity contribution in [1.82, 2.24) is 9.88 Å². The number of hydrogen-bond donors (Lipinski definition) is 0. The molecule has 2 aromatic rings. The molecule has 0 unspecified atom stereocenters. The zero-order chi connectivity index (χ0) is 12.3. The molecule has 0 spiro atoms. The molecule has 17 heavy (non-hydrogen) atoms. The van der Waals surface area contributed by atoms with E-state index in [0.717, 1.165) is 17.7 Å². The molecule has 0 aliphatic rings. The smallest absolute Gasteiger partial charge is 0.135 e. The van der Waals surface area contributed by atoms with Crippen molar-refractivity contribution in [2.75, 3.05) is 7.05 Å². The van der Waals surface area contributed by atoms with E-state index in [4.69, 9.17) is 27.6 Å². The quantitative estimate of drug-likeness (QED) is 0.795. The van der Waals surface area contributed by atoms with Crippen LogP contribution in [-0.4, -0.2) is 16.9 Å². The van der Waals surface area contributed by atoms with E-state index in [0.29, 0.717) is 16.9 Å². The van der Waals surface area contributed by atoms with Crippen LogP contribution >= 0.6 is 23.2 Å². The Bertz CT molecular complexity index is 485. The van der Waals surface area contributed by atoms with Crippen LogP contribution in [0.2, 0.25) is 10.3 Å². The molecule has 0 radical (unpaired) electrons. The van der Waals surface area contributed by atoms with Gasteiger partial charge in [0.25, 0.3) is 0 Å². The van der Waals surface area contributed by atoms with Gasteiger partial charge in [-0.3, -0.25) is 4.90 Å². The lowest BCUT2D eigenvalue weighted by Crippen LogP contribution is -2.17. The third-order valence-electron chi connectivity index (χ3n) is 2.36. The van der Waals surface area contributed by atoms with E-state index in [1.807, 2.05) is 19.2 Å². The van der Waals surface area contributed by atoms with Crippen molar-refractivity contribution in [2.24, 2.45) is 0 Å². The van der Waals surface area contributed by atoms with Gasteiger partial charge in [-0.15, -0.1) is 0 Å². The Morgan fingerprint density at radius 2 is 2.06 bits per heavy atom.